The summed E-state index contributed by atoms with van der Waals surface area (Å²) in [6, 6.07) is 8.81. The molecule has 2 aliphatic rings. The lowest BCUT2D eigenvalue weighted by Crippen LogP contribution is -2.26. The van der Waals surface area contributed by atoms with Gasteiger partial charge in [-0.25, -0.2) is 9.59 Å². The summed E-state index contributed by atoms with van der Waals surface area (Å²) in [5.41, 5.74) is -4.94. The molecule has 2 aromatic carbocycles. The Morgan fingerprint density at radius 1 is 0.872 bits per heavy atom. The van der Waals surface area contributed by atoms with E-state index in [0.717, 1.165) is 13.2 Å². The number of carbonyl (C=O) groups excluding carboxylic acids is 3. The smallest absolute Gasteiger partial charge is 0.491 e. The number of methoxy groups -OCH3 is 2. The van der Waals surface area contributed by atoms with E-state index in [0.29, 0.717) is 29.9 Å². The summed E-state index contributed by atoms with van der Waals surface area (Å²) in [6.07, 6.45) is 1.38. The van der Waals surface area contributed by atoms with Crippen LogP contribution in [0.5, 0.6) is 11.5 Å². The summed E-state index contributed by atoms with van der Waals surface area (Å²) in [6.45, 7) is 0.0591. The molecule has 39 heavy (non-hydrogen) atoms. The number of esters is 2. The molecule has 4 rings (SSSR count). The molecule has 14 heteroatoms. The molecule has 0 amide bonds. The average molecular weight is 577 g/mol. The van der Waals surface area contributed by atoms with Gasteiger partial charge in [0, 0.05) is 6.42 Å². The minimum atomic E-state index is -5.82. The van der Waals surface area contributed by atoms with Crippen LogP contribution in [0.2, 0.25) is 0 Å². The largest absolute Gasteiger partial charge is 0.534 e. The lowest BCUT2D eigenvalue weighted by Gasteiger charge is -2.20. The number of alkyl halides is 3. The zero-order chi connectivity index (χ0) is 27.4. The van der Waals surface area contributed by atoms with Crippen LogP contribution < -0.4 is 9.47 Å². The number of ketones is 1. The van der Waals surface area contributed by atoms with Crippen LogP contribution in [0, 0.1) is 0 Å². The van der Waals surface area contributed by atoms with E-state index in [1.54, 1.807) is 18.2 Å². The number of benzene rings is 2. The highest BCUT2D eigenvalue weighted by atomic mass is 32.2. The Balaban J connectivity index is 0.000000394. The van der Waals surface area contributed by atoms with E-state index in [2.05, 4.69) is 13.7 Å². The predicted octanol–water partition coefficient (Wildman–Crippen LogP) is 4.78. The number of fused-ring (bicyclic) bond motifs is 2. The van der Waals surface area contributed by atoms with Gasteiger partial charge in [0.15, 0.2) is 11.5 Å². The van der Waals surface area contributed by atoms with E-state index in [-0.39, 0.29) is 44.1 Å². The Morgan fingerprint density at radius 2 is 1.38 bits per heavy atom. The summed E-state index contributed by atoms with van der Waals surface area (Å²) < 4.78 is 83.0. The summed E-state index contributed by atoms with van der Waals surface area (Å²) in [7, 11) is -3.40. The first-order chi connectivity index (χ1) is 17.4. The van der Waals surface area contributed by atoms with Gasteiger partial charge >= 0.3 is 27.6 Å². The van der Waals surface area contributed by atoms with Crippen LogP contribution in [0.3, 0.4) is 0 Å². The van der Waals surface area contributed by atoms with Crippen LogP contribution in [0.4, 0.5) is 13.2 Å². The van der Waals surface area contributed by atoms with Crippen molar-refractivity contribution in [3.63, 3.8) is 0 Å². The summed E-state index contributed by atoms with van der Waals surface area (Å²) in [5.74, 6) is -1.59. The number of para-hydroxylation sites is 2. The molecule has 0 N–H and O–H groups in total. The van der Waals surface area contributed by atoms with Crippen molar-refractivity contribution in [1.29, 1.82) is 0 Å². The Hall–Kier alpha value is -4.07. The highest BCUT2D eigenvalue weighted by Crippen LogP contribution is 2.37. The minimum Gasteiger partial charge on any atom is -0.491 e. The van der Waals surface area contributed by atoms with Crippen molar-refractivity contribution in [2.45, 2.75) is 26.8 Å². The van der Waals surface area contributed by atoms with E-state index in [1.165, 1.54) is 25.3 Å². The average Bonchev–Trinajstić information content (AvgIpc) is 2.87. The molecule has 0 bridgehead atoms. The van der Waals surface area contributed by atoms with Gasteiger partial charge in [-0.3, -0.25) is 4.79 Å². The number of hydrogen-bond acceptors (Lipinski definition) is 10. The van der Waals surface area contributed by atoms with E-state index >= 15 is 0 Å². The van der Waals surface area contributed by atoms with Crippen LogP contribution in [0.1, 0.15) is 57.9 Å². The summed E-state index contributed by atoms with van der Waals surface area (Å²) >= 11 is 0. The van der Waals surface area contributed by atoms with Gasteiger partial charge in [-0.15, -0.1) is 0 Å². The maximum absolute atomic E-state index is 12.4. The predicted molar refractivity (Wildman–Crippen MR) is 133 cm³/mol. The lowest BCUT2D eigenvalue weighted by atomic mass is 10.0. The third-order valence-electron chi connectivity index (χ3n) is 4.96. The van der Waals surface area contributed by atoms with Gasteiger partial charge in [0.1, 0.15) is 29.2 Å². The maximum atomic E-state index is 12.4. The fourth-order valence-electron chi connectivity index (χ4n) is 3.28. The van der Waals surface area contributed by atoms with Crippen LogP contribution in [0.25, 0.3) is 5.76 Å². The Labute approximate surface area is 223 Å². The maximum Gasteiger partial charge on any atom is 0.534 e. The Morgan fingerprint density at radius 3 is 1.90 bits per heavy atom. The first-order valence-electron chi connectivity index (χ1n) is 10.3. The topological polar surface area (TPSA) is 132 Å². The van der Waals surface area contributed by atoms with Crippen molar-refractivity contribution >= 4 is 33.6 Å². The number of Topliss-reactive ketones (excluding diaryl/α,β-unsaturated/α-hetero) is 1. The molecule has 2 aliphatic heterocycles. The summed E-state index contributed by atoms with van der Waals surface area (Å²) in [5, 5.41) is 0. The van der Waals surface area contributed by atoms with Gasteiger partial charge in [-0.1, -0.05) is 27.0 Å². The number of carbonyl (C=O) groups is 3. The number of hydrogen-bond donors (Lipinski definition) is 0. The zero-order valence-corrected chi connectivity index (χ0v) is 20.1. The first-order valence-corrected chi connectivity index (χ1v) is 11.7. The van der Waals surface area contributed by atoms with Crippen molar-refractivity contribution in [2.75, 3.05) is 27.4 Å². The fraction of sp³-hybridized carbons (Fsp3) is 0.320. The Kier molecular flexibility index (Phi) is 11.1. The molecule has 214 valence electrons. The van der Waals surface area contributed by atoms with Gasteiger partial charge in [-0.05, 0) is 30.3 Å². The molecule has 2 aromatic rings. The van der Waals surface area contributed by atoms with Crippen molar-refractivity contribution in [2.24, 2.45) is 0 Å². The van der Waals surface area contributed by atoms with Gasteiger partial charge in [0.2, 0.25) is 0 Å². The molecular weight excluding hydrogens is 549 g/mol. The number of halogens is 3. The molecule has 0 radical (unpaired) electrons. The monoisotopic (exact) mass is 576 g/mol. The molecule has 0 aromatic heterocycles. The lowest BCUT2D eigenvalue weighted by molar-refractivity contribution is -0.0510. The van der Waals surface area contributed by atoms with Crippen molar-refractivity contribution in [1.82, 2.24) is 0 Å². The number of ether oxygens (including phenoxy) is 4. The van der Waals surface area contributed by atoms with Gasteiger partial charge in [0.25, 0.3) is 0 Å². The van der Waals surface area contributed by atoms with Crippen molar-refractivity contribution in [3.05, 3.63) is 64.7 Å². The summed E-state index contributed by atoms with van der Waals surface area (Å²) in [4.78, 5) is 34.5. The number of rotatable bonds is 4. The van der Waals surface area contributed by atoms with Crippen LogP contribution in [-0.4, -0.2) is 59.1 Å². The zero-order valence-electron chi connectivity index (χ0n) is 19.3. The second kappa shape index (κ2) is 13.1. The van der Waals surface area contributed by atoms with Crippen molar-refractivity contribution in [3.8, 4) is 11.5 Å². The quantitative estimate of drug-likeness (QED) is 0.285. The standard InChI is InChI=1S/C12H9F3O6S.C11H10O4.2CH4/c1-19-11(16)8-4-2-3-7-9(5-6-20-10(7)8)21-22(17,18)12(13,14)15;1-14-11(13)8-4-2-3-7-9(12)5-6-15-10(7)8;;/h2-5H,6H2,1H3;2-4H,5-6H2,1H3;2*1H4. The van der Waals surface area contributed by atoms with E-state index in [4.69, 9.17) is 9.47 Å². The first kappa shape index (κ1) is 33.0. The molecule has 0 atom stereocenters. The van der Waals surface area contributed by atoms with E-state index in [1.807, 2.05) is 0 Å². The third-order valence-corrected chi connectivity index (χ3v) is 5.93. The molecule has 0 saturated carbocycles. The van der Waals surface area contributed by atoms with Crippen LogP contribution >= 0.6 is 0 Å². The molecule has 0 saturated heterocycles. The van der Waals surface area contributed by atoms with Crippen LogP contribution in [-0.2, 0) is 23.8 Å². The minimum absolute atomic E-state index is 0. The Bertz CT molecular complexity index is 1360. The highest BCUT2D eigenvalue weighted by molar-refractivity contribution is 7.87. The second-order valence-electron chi connectivity index (χ2n) is 7.23. The molecule has 0 spiro atoms. The molecule has 0 unspecified atom stereocenters. The van der Waals surface area contributed by atoms with Crippen LogP contribution in [0.15, 0.2) is 42.5 Å². The molecule has 2 heterocycles. The normalized spacial score (nSPS) is 13.6. The molecular formula is C25H27F3O10S. The van der Waals surface area contributed by atoms with Gasteiger partial charge < -0.3 is 23.1 Å². The second-order valence-corrected chi connectivity index (χ2v) is 8.77. The molecule has 0 fully saturated rings. The molecule has 0 aliphatic carbocycles. The SMILES string of the molecule is C.C.COC(=O)c1cccc2c1OCC=C2OS(=O)(=O)C(F)(F)F.COC(=O)c1cccc2c1OCCC2=O. The van der Waals surface area contributed by atoms with Crippen molar-refractivity contribution < 1.29 is 59.1 Å². The third kappa shape index (κ3) is 7.07. The fourth-order valence-corrected chi connectivity index (χ4v) is 3.76. The van der Waals surface area contributed by atoms with E-state index < -0.39 is 33.3 Å². The molecule has 10 nitrogen and oxygen atoms in total. The van der Waals surface area contributed by atoms with Gasteiger partial charge in [-0.2, -0.15) is 21.6 Å². The van der Waals surface area contributed by atoms with Gasteiger partial charge in [0.05, 0.1) is 32.0 Å². The van der Waals surface area contributed by atoms with E-state index in [9.17, 15) is 36.0 Å². The highest BCUT2D eigenvalue weighted by Gasteiger charge is 2.49.